The number of sulfonamides is 1. The van der Waals surface area contributed by atoms with Crippen LogP contribution in [0.4, 0.5) is 13.6 Å². The average molecular weight is 739 g/mol. The summed E-state index contributed by atoms with van der Waals surface area (Å²) in [4.78, 5) is 34.6. The van der Waals surface area contributed by atoms with Gasteiger partial charge in [-0.15, -0.1) is 11.3 Å². The number of aryl methyl sites for hydroxylation is 1. The molecule has 50 heavy (non-hydrogen) atoms. The van der Waals surface area contributed by atoms with Crippen molar-refractivity contribution >= 4 is 39.3 Å². The van der Waals surface area contributed by atoms with E-state index in [2.05, 4.69) is 25.3 Å². The second-order valence-corrected chi connectivity index (χ2v) is 15.1. The van der Waals surface area contributed by atoms with Crippen LogP contribution in [0, 0.1) is 32.4 Å². The van der Waals surface area contributed by atoms with E-state index in [4.69, 9.17) is 15.2 Å². The maximum absolute atomic E-state index is 14.0. The topological polar surface area (TPSA) is 194 Å². The molecule has 0 radical (unpaired) electrons. The third-order valence-corrected chi connectivity index (χ3v) is 9.93. The molecule has 1 aromatic heterocycles. The Balaban J connectivity index is 1.77. The number of rotatable bonds is 14. The average Bonchev–Trinajstić information content (AvgIpc) is 3.53. The molecule has 3 atom stereocenters. The van der Waals surface area contributed by atoms with Gasteiger partial charge in [0.1, 0.15) is 40.1 Å². The SMILES string of the molecule is COc1cc(C)c(S(=O)(=O)NC(N)=NCCC[C@H](NC(=O)[C@H](Cc2cc(F)cc(F)c2)NC(=O)OC(C)(C)C)C(O)c2nccs2)c(C)c1C. The molecule has 1 unspecified atom stereocenters. The summed E-state index contributed by atoms with van der Waals surface area (Å²) in [7, 11) is -2.60. The molecule has 0 bridgehead atoms. The highest BCUT2D eigenvalue weighted by Gasteiger charge is 2.30. The number of aliphatic imine (C=N–C) groups is 1. The minimum atomic E-state index is -4.10. The van der Waals surface area contributed by atoms with Crippen LogP contribution < -0.4 is 25.8 Å². The fraction of sp³-hybridized carbons (Fsp3) is 0.455. The van der Waals surface area contributed by atoms with E-state index in [1.807, 2.05) is 0 Å². The number of aromatic nitrogens is 1. The Morgan fingerprint density at radius 3 is 2.32 bits per heavy atom. The zero-order valence-corrected chi connectivity index (χ0v) is 30.6. The number of nitrogens with zero attached hydrogens (tertiary/aromatic N) is 2. The maximum atomic E-state index is 14.0. The van der Waals surface area contributed by atoms with Crippen molar-refractivity contribution in [1.29, 1.82) is 0 Å². The lowest BCUT2D eigenvalue weighted by molar-refractivity contribution is -0.124. The second-order valence-electron chi connectivity index (χ2n) is 12.6. The number of guanidine groups is 1. The molecular formula is C33H44F2N6O7S2. The van der Waals surface area contributed by atoms with Crippen LogP contribution in [-0.2, 0) is 26.0 Å². The number of methoxy groups -OCH3 is 1. The number of halogens is 2. The molecule has 17 heteroatoms. The minimum absolute atomic E-state index is 0.00702. The Kier molecular flexibility index (Phi) is 13.7. The number of ether oxygens (including phenoxy) is 2. The van der Waals surface area contributed by atoms with Gasteiger partial charge in [0.15, 0.2) is 0 Å². The molecule has 274 valence electrons. The summed E-state index contributed by atoms with van der Waals surface area (Å²) in [5, 5.41) is 18.3. The van der Waals surface area contributed by atoms with Crippen molar-refractivity contribution in [3.05, 3.63) is 74.7 Å². The van der Waals surface area contributed by atoms with Crippen molar-refractivity contribution in [2.45, 2.75) is 89.5 Å². The van der Waals surface area contributed by atoms with Crippen LogP contribution in [0.15, 0.2) is 45.7 Å². The standard InChI is InChI=1S/C33H44F2N6O7S2/c1-18-13-26(47-7)19(2)20(3)28(18)50(45,46)41-31(36)38-10-8-9-24(27(42)30-37-11-12-49-30)39-29(43)25(40-32(44)48-33(4,5)6)16-21-14-22(34)17-23(35)15-21/h11-15,17,24-25,27,42H,8-10,16H2,1-7H3,(H,39,43)(H,40,44)(H3,36,38,41)/t24-,25-,27?/m0/s1. The molecule has 13 nitrogen and oxygen atoms in total. The van der Waals surface area contributed by atoms with Crippen molar-refractivity contribution in [3.8, 4) is 5.75 Å². The molecule has 0 saturated heterocycles. The molecule has 3 rings (SSSR count). The minimum Gasteiger partial charge on any atom is -0.496 e. The first-order valence-corrected chi connectivity index (χ1v) is 18.0. The zero-order valence-electron chi connectivity index (χ0n) is 29.0. The van der Waals surface area contributed by atoms with Gasteiger partial charge in [-0.05, 0) is 94.8 Å². The van der Waals surface area contributed by atoms with E-state index < -0.39 is 57.4 Å². The number of aliphatic hydroxyl groups is 1. The normalized spacial score (nSPS) is 14.0. The Morgan fingerprint density at radius 1 is 1.08 bits per heavy atom. The number of alkyl carbamates (subject to hydrolysis) is 1. The molecular weight excluding hydrogens is 695 g/mol. The van der Waals surface area contributed by atoms with Crippen LogP contribution in [0.3, 0.4) is 0 Å². The van der Waals surface area contributed by atoms with Crippen LogP contribution in [0.25, 0.3) is 0 Å². The molecule has 1 heterocycles. The van der Waals surface area contributed by atoms with E-state index >= 15 is 0 Å². The number of carbonyl (C=O) groups is 2. The van der Waals surface area contributed by atoms with Crippen LogP contribution >= 0.6 is 11.3 Å². The van der Waals surface area contributed by atoms with E-state index in [1.54, 1.807) is 53.0 Å². The van der Waals surface area contributed by atoms with Gasteiger partial charge in [0.05, 0.1) is 18.0 Å². The van der Waals surface area contributed by atoms with E-state index in [-0.39, 0.29) is 42.2 Å². The summed E-state index contributed by atoms with van der Waals surface area (Å²) in [6.07, 6.45) is -0.703. The van der Waals surface area contributed by atoms with Crippen LogP contribution in [0.5, 0.6) is 5.75 Å². The van der Waals surface area contributed by atoms with Gasteiger partial charge in [0.25, 0.3) is 10.0 Å². The number of nitrogens with two attached hydrogens (primary N) is 1. The highest BCUT2D eigenvalue weighted by atomic mass is 32.2. The third kappa shape index (κ3) is 11.3. The smallest absolute Gasteiger partial charge is 0.408 e. The van der Waals surface area contributed by atoms with Gasteiger partial charge in [-0.3, -0.25) is 9.79 Å². The van der Waals surface area contributed by atoms with Gasteiger partial charge in [0, 0.05) is 30.6 Å². The highest BCUT2D eigenvalue weighted by Crippen LogP contribution is 2.30. The van der Waals surface area contributed by atoms with Gasteiger partial charge in [-0.25, -0.2) is 31.7 Å². The highest BCUT2D eigenvalue weighted by molar-refractivity contribution is 7.90. The maximum Gasteiger partial charge on any atom is 0.408 e. The predicted molar refractivity (Wildman–Crippen MR) is 185 cm³/mol. The zero-order chi connectivity index (χ0) is 37.4. The Labute approximate surface area is 294 Å². The molecule has 2 aromatic carbocycles. The fourth-order valence-electron chi connectivity index (χ4n) is 5.15. The monoisotopic (exact) mass is 738 g/mol. The Bertz CT molecular complexity index is 1780. The number of benzene rings is 2. The molecule has 0 spiro atoms. The van der Waals surface area contributed by atoms with Gasteiger partial charge < -0.3 is 30.9 Å². The summed E-state index contributed by atoms with van der Waals surface area (Å²) in [6, 6.07) is 2.06. The summed E-state index contributed by atoms with van der Waals surface area (Å²) in [5.74, 6) is -2.29. The first-order valence-electron chi connectivity index (χ1n) is 15.6. The first kappa shape index (κ1) is 40.1. The van der Waals surface area contributed by atoms with E-state index in [0.29, 0.717) is 33.5 Å². The van der Waals surface area contributed by atoms with Crippen molar-refractivity contribution in [1.82, 2.24) is 20.3 Å². The number of carbonyl (C=O) groups excluding carboxylic acids is 2. The molecule has 0 aliphatic heterocycles. The molecule has 0 saturated carbocycles. The van der Waals surface area contributed by atoms with Gasteiger partial charge >= 0.3 is 6.09 Å². The van der Waals surface area contributed by atoms with Crippen molar-refractivity contribution in [2.24, 2.45) is 10.7 Å². The molecule has 0 aliphatic rings. The lowest BCUT2D eigenvalue weighted by Gasteiger charge is -2.27. The summed E-state index contributed by atoms with van der Waals surface area (Å²) < 4.78 is 67.3. The molecule has 2 amide bonds. The van der Waals surface area contributed by atoms with E-state index in [9.17, 15) is 31.9 Å². The lowest BCUT2D eigenvalue weighted by atomic mass is 10.0. The van der Waals surface area contributed by atoms with Crippen molar-refractivity contribution < 1.29 is 41.4 Å². The van der Waals surface area contributed by atoms with E-state index in [0.717, 1.165) is 23.5 Å². The molecule has 6 N–H and O–H groups in total. The molecule has 0 aliphatic carbocycles. The predicted octanol–water partition coefficient (Wildman–Crippen LogP) is 4.08. The number of hydrogen-bond donors (Lipinski definition) is 5. The van der Waals surface area contributed by atoms with Crippen LogP contribution in [0.2, 0.25) is 0 Å². The van der Waals surface area contributed by atoms with Crippen molar-refractivity contribution in [3.63, 3.8) is 0 Å². The summed E-state index contributed by atoms with van der Waals surface area (Å²) in [6.45, 7) is 9.95. The van der Waals surface area contributed by atoms with Crippen LogP contribution in [-0.4, -0.2) is 67.8 Å². The number of thiazole rings is 1. The Morgan fingerprint density at radius 2 is 1.74 bits per heavy atom. The quantitative estimate of drug-likeness (QED) is 0.0921. The van der Waals surface area contributed by atoms with Gasteiger partial charge in [-0.1, -0.05) is 0 Å². The van der Waals surface area contributed by atoms with Gasteiger partial charge in [-0.2, -0.15) is 0 Å². The van der Waals surface area contributed by atoms with Gasteiger partial charge in [0.2, 0.25) is 11.9 Å². The first-order chi connectivity index (χ1) is 23.3. The molecule has 3 aromatic rings. The third-order valence-electron chi connectivity index (χ3n) is 7.44. The second kappa shape index (κ2) is 17.0. The fourth-order valence-corrected chi connectivity index (χ4v) is 7.31. The number of nitrogens with one attached hydrogen (secondary N) is 3. The number of aliphatic hydroxyl groups excluding tert-OH is 1. The van der Waals surface area contributed by atoms with Crippen LogP contribution in [0.1, 0.15) is 67.0 Å². The lowest BCUT2D eigenvalue weighted by Crippen LogP contribution is -2.52. The summed E-state index contributed by atoms with van der Waals surface area (Å²) in [5.41, 5.74) is 6.77. The Hall–Kier alpha value is -4.35. The number of hydrogen-bond acceptors (Lipinski definition) is 10. The summed E-state index contributed by atoms with van der Waals surface area (Å²) >= 11 is 1.15. The largest absolute Gasteiger partial charge is 0.496 e. The number of amides is 2. The van der Waals surface area contributed by atoms with E-state index in [1.165, 1.54) is 13.3 Å². The van der Waals surface area contributed by atoms with Crippen molar-refractivity contribution in [2.75, 3.05) is 13.7 Å². The molecule has 0 fully saturated rings.